The Kier molecular flexibility index (Phi) is 4.74. The number of benzene rings is 2. The second-order valence-electron chi connectivity index (χ2n) is 5.22. The van der Waals surface area contributed by atoms with E-state index in [1.54, 1.807) is 24.3 Å². The number of nitrogens with one attached hydrogen (secondary N) is 1. The monoisotopic (exact) mass is 392 g/mol. The van der Waals surface area contributed by atoms with Crippen LogP contribution in [0.4, 0.5) is 0 Å². The number of halogens is 1. The van der Waals surface area contributed by atoms with Gasteiger partial charge in [-0.1, -0.05) is 28.9 Å². The van der Waals surface area contributed by atoms with Gasteiger partial charge in [-0.25, -0.2) is 24.1 Å². The van der Waals surface area contributed by atoms with Gasteiger partial charge in [0.25, 0.3) is 5.91 Å². The summed E-state index contributed by atoms with van der Waals surface area (Å²) in [6.45, 7) is 0. The Balaban J connectivity index is 2.17. The molecule has 5 N–H and O–H groups in total. The van der Waals surface area contributed by atoms with E-state index in [-0.39, 0.29) is 10.6 Å². The van der Waals surface area contributed by atoms with Crippen molar-refractivity contribution >= 4 is 27.5 Å². The van der Waals surface area contributed by atoms with E-state index >= 15 is 0 Å². The zero-order valence-electron chi connectivity index (χ0n) is 13.1. The van der Waals surface area contributed by atoms with Crippen LogP contribution in [0.3, 0.4) is 0 Å². The third kappa shape index (κ3) is 3.44. The molecule has 0 saturated heterocycles. The van der Waals surface area contributed by atoms with Crippen molar-refractivity contribution in [3.63, 3.8) is 0 Å². The fraction of sp³-hybridized carbons (Fsp3) is 0. The molecule has 0 saturated carbocycles. The fourth-order valence-corrected chi connectivity index (χ4v) is 2.97. The van der Waals surface area contributed by atoms with Gasteiger partial charge in [0.15, 0.2) is 5.69 Å². The molecule has 3 rings (SSSR count). The predicted molar refractivity (Wildman–Crippen MR) is 94.8 cm³/mol. The first kappa shape index (κ1) is 18.0. The van der Waals surface area contributed by atoms with E-state index in [0.717, 1.165) is 0 Å². The Morgan fingerprint density at radius 3 is 2.23 bits per heavy atom. The predicted octanol–water partition coefficient (Wildman–Crippen LogP) is 0.839. The summed E-state index contributed by atoms with van der Waals surface area (Å²) in [5.41, 5.74) is 3.49. The minimum absolute atomic E-state index is 0.00495. The number of amides is 1. The highest BCUT2D eigenvalue weighted by Gasteiger charge is 2.22. The molecule has 9 nitrogen and oxygen atoms in total. The molecule has 1 amide bonds. The van der Waals surface area contributed by atoms with Gasteiger partial charge in [-0.2, -0.15) is 0 Å². The van der Waals surface area contributed by atoms with Gasteiger partial charge in [0.05, 0.1) is 10.6 Å². The molecule has 1 heterocycles. The fourth-order valence-electron chi connectivity index (χ4n) is 2.33. The highest BCUT2D eigenvalue weighted by Crippen LogP contribution is 2.27. The smallest absolute Gasteiger partial charge is 0.288 e. The SMILES string of the molecule is NNC(=O)c1nnn(-c2ccc(S(N)(=O)=O)cc2)c1-c1ccc(Cl)cc1. The van der Waals surface area contributed by atoms with E-state index in [0.29, 0.717) is 22.0 Å². The Labute approximate surface area is 153 Å². The molecule has 0 aliphatic rings. The maximum Gasteiger partial charge on any atom is 0.288 e. The lowest BCUT2D eigenvalue weighted by molar-refractivity contribution is 0.0949. The number of nitrogens with two attached hydrogens (primary N) is 2. The zero-order chi connectivity index (χ0) is 18.9. The topological polar surface area (TPSA) is 146 Å². The number of carbonyl (C=O) groups is 1. The number of nitrogen functional groups attached to an aromatic ring is 1. The van der Waals surface area contributed by atoms with Crippen molar-refractivity contribution in [2.24, 2.45) is 11.0 Å². The van der Waals surface area contributed by atoms with Crippen LogP contribution >= 0.6 is 11.6 Å². The standard InChI is InChI=1S/C15H13ClN6O3S/c16-10-3-1-9(2-4-10)14-13(15(23)19-17)20-21-22(14)11-5-7-12(8-6-11)26(18,24)25/h1-8H,17H2,(H,19,23)(H2,18,24,25). The molecule has 0 spiro atoms. The lowest BCUT2D eigenvalue weighted by Gasteiger charge is -2.09. The van der Waals surface area contributed by atoms with Crippen molar-refractivity contribution in [2.75, 3.05) is 0 Å². The number of carbonyl (C=O) groups excluding carboxylic acids is 1. The van der Waals surface area contributed by atoms with Gasteiger partial charge >= 0.3 is 0 Å². The lowest BCUT2D eigenvalue weighted by Crippen LogP contribution is -2.30. The summed E-state index contributed by atoms with van der Waals surface area (Å²) < 4.78 is 24.2. The molecule has 0 radical (unpaired) electrons. The third-order valence-electron chi connectivity index (χ3n) is 3.54. The van der Waals surface area contributed by atoms with E-state index < -0.39 is 15.9 Å². The van der Waals surface area contributed by atoms with Crippen LogP contribution in [0.5, 0.6) is 0 Å². The maximum atomic E-state index is 12.0. The van der Waals surface area contributed by atoms with Crippen molar-refractivity contribution in [3.8, 4) is 16.9 Å². The zero-order valence-corrected chi connectivity index (χ0v) is 14.7. The van der Waals surface area contributed by atoms with Gasteiger partial charge in [0, 0.05) is 10.6 Å². The number of aromatic nitrogens is 3. The van der Waals surface area contributed by atoms with Crippen molar-refractivity contribution < 1.29 is 13.2 Å². The molecule has 0 aliphatic carbocycles. The molecule has 0 aliphatic heterocycles. The Bertz CT molecular complexity index is 1060. The van der Waals surface area contributed by atoms with Gasteiger partial charge in [0.2, 0.25) is 10.0 Å². The molecule has 0 atom stereocenters. The normalized spacial score (nSPS) is 11.3. The van der Waals surface area contributed by atoms with E-state index in [1.165, 1.54) is 28.9 Å². The highest BCUT2D eigenvalue weighted by molar-refractivity contribution is 7.89. The number of hydrogen-bond donors (Lipinski definition) is 3. The minimum atomic E-state index is -3.82. The molecule has 0 bridgehead atoms. The number of nitrogens with zero attached hydrogens (tertiary/aromatic N) is 3. The first-order valence-corrected chi connectivity index (χ1v) is 9.09. The second-order valence-corrected chi connectivity index (χ2v) is 7.22. The first-order valence-electron chi connectivity index (χ1n) is 7.17. The van der Waals surface area contributed by atoms with E-state index in [2.05, 4.69) is 10.3 Å². The van der Waals surface area contributed by atoms with Crippen LogP contribution in [-0.4, -0.2) is 29.3 Å². The Hall–Kier alpha value is -2.79. The van der Waals surface area contributed by atoms with Crippen LogP contribution < -0.4 is 16.4 Å². The van der Waals surface area contributed by atoms with Crippen molar-refractivity contribution in [3.05, 3.63) is 59.2 Å². The van der Waals surface area contributed by atoms with Crippen LogP contribution in [-0.2, 0) is 10.0 Å². The summed E-state index contributed by atoms with van der Waals surface area (Å²) in [6, 6.07) is 12.4. The number of sulfonamides is 1. The lowest BCUT2D eigenvalue weighted by atomic mass is 10.1. The van der Waals surface area contributed by atoms with Crippen LogP contribution in [0.15, 0.2) is 53.4 Å². The van der Waals surface area contributed by atoms with Gasteiger partial charge in [-0.3, -0.25) is 10.2 Å². The minimum Gasteiger partial charge on any atom is -0.289 e. The van der Waals surface area contributed by atoms with Gasteiger partial charge < -0.3 is 0 Å². The Morgan fingerprint density at radius 1 is 1.08 bits per heavy atom. The third-order valence-corrected chi connectivity index (χ3v) is 4.73. The van der Waals surface area contributed by atoms with Gasteiger partial charge in [0.1, 0.15) is 5.69 Å². The molecule has 1 aromatic heterocycles. The molecule has 3 aromatic rings. The Morgan fingerprint density at radius 2 is 1.69 bits per heavy atom. The van der Waals surface area contributed by atoms with Gasteiger partial charge in [-0.15, -0.1) is 5.10 Å². The molecular weight excluding hydrogens is 380 g/mol. The summed E-state index contributed by atoms with van der Waals surface area (Å²) in [7, 11) is -3.82. The largest absolute Gasteiger partial charge is 0.289 e. The van der Waals surface area contributed by atoms with Gasteiger partial charge in [-0.05, 0) is 36.4 Å². The number of primary sulfonamides is 1. The molecule has 0 fully saturated rings. The summed E-state index contributed by atoms with van der Waals surface area (Å²) >= 11 is 5.91. The van der Waals surface area contributed by atoms with Crippen LogP contribution in [0.1, 0.15) is 10.5 Å². The van der Waals surface area contributed by atoms with E-state index in [4.69, 9.17) is 22.6 Å². The molecule has 0 unspecified atom stereocenters. The summed E-state index contributed by atoms with van der Waals surface area (Å²) in [5.74, 6) is 4.59. The van der Waals surface area contributed by atoms with E-state index in [1.807, 2.05) is 5.43 Å². The number of hydrazine groups is 1. The van der Waals surface area contributed by atoms with Crippen LogP contribution in [0.25, 0.3) is 16.9 Å². The summed E-state index contributed by atoms with van der Waals surface area (Å²) in [6.07, 6.45) is 0. The summed E-state index contributed by atoms with van der Waals surface area (Å²) in [4.78, 5) is 12.0. The maximum absolute atomic E-state index is 12.0. The number of rotatable bonds is 4. The molecule has 134 valence electrons. The highest BCUT2D eigenvalue weighted by atomic mass is 35.5. The average Bonchev–Trinajstić information content (AvgIpc) is 3.06. The van der Waals surface area contributed by atoms with Crippen molar-refractivity contribution in [1.82, 2.24) is 20.4 Å². The first-order chi connectivity index (χ1) is 12.3. The molecular formula is C15H13ClN6O3S. The van der Waals surface area contributed by atoms with Crippen LogP contribution in [0.2, 0.25) is 5.02 Å². The second kappa shape index (κ2) is 6.84. The van der Waals surface area contributed by atoms with Crippen molar-refractivity contribution in [1.29, 1.82) is 0 Å². The van der Waals surface area contributed by atoms with E-state index in [9.17, 15) is 13.2 Å². The average molecular weight is 393 g/mol. The quantitative estimate of drug-likeness (QED) is 0.340. The summed E-state index contributed by atoms with van der Waals surface area (Å²) in [5, 5.41) is 13.5. The molecule has 11 heteroatoms. The molecule has 26 heavy (non-hydrogen) atoms. The molecule has 2 aromatic carbocycles. The number of hydrogen-bond acceptors (Lipinski definition) is 6. The van der Waals surface area contributed by atoms with Crippen molar-refractivity contribution in [2.45, 2.75) is 4.90 Å². The van der Waals surface area contributed by atoms with Crippen LogP contribution in [0, 0.1) is 0 Å².